The average Bonchev–Trinajstić information content (AvgIpc) is 3.03. The van der Waals surface area contributed by atoms with E-state index in [1.165, 1.54) is 12.3 Å². The highest BCUT2D eigenvalue weighted by Gasteiger charge is 2.10. The number of hydrogen-bond acceptors (Lipinski definition) is 5. The number of fused-ring (bicyclic) bond motifs is 1. The fraction of sp³-hybridized carbons (Fsp3) is 0. The smallest absolute Gasteiger partial charge is 0.267 e. The summed E-state index contributed by atoms with van der Waals surface area (Å²) in [6.07, 6.45) is 1.39. The molecule has 3 rings (SSSR count). The van der Waals surface area contributed by atoms with Gasteiger partial charge in [0, 0.05) is 11.6 Å². The first-order valence-corrected chi connectivity index (χ1v) is 7.52. The number of thiophene rings is 1. The van der Waals surface area contributed by atoms with Crippen molar-refractivity contribution >= 4 is 39.2 Å². The monoisotopic (exact) mass is 325 g/mol. The molecule has 0 aliphatic carbocycles. The molecule has 0 bridgehead atoms. The number of carbonyl (C=O) groups excluding carboxylic acids is 1. The second kappa shape index (κ2) is 6.37. The van der Waals surface area contributed by atoms with Gasteiger partial charge in [0.2, 0.25) is 0 Å². The van der Waals surface area contributed by atoms with E-state index in [0.29, 0.717) is 10.4 Å². The third-order valence-electron chi connectivity index (χ3n) is 3.18. The number of carbonyl (C=O) groups is 1. The maximum atomic E-state index is 12.2. The molecule has 0 aliphatic rings. The lowest BCUT2D eigenvalue weighted by Crippen LogP contribution is -2.17. The van der Waals surface area contributed by atoms with Gasteiger partial charge < -0.3 is 0 Å². The first-order valence-electron chi connectivity index (χ1n) is 6.70. The van der Waals surface area contributed by atoms with Crippen LogP contribution in [0.1, 0.15) is 15.2 Å². The molecule has 0 saturated carbocycles. The van der Waals surface area contributed by atoms with E-state index in [1.54, 1.807) is 12.1 Å². The summed E-state index contributed by atoms with van der Waals surface area (Å²) in [5, 5.41) is 16.3. The summed E-state index contributed by atoms with van der Waals surface area (Å²) in [6, 6.07) is 16.0. The maximum absolute atomic E-state index is 12.2. The molecule has 0 atom stereocenters. The minimum atomic E-state index is -0.462. The van der Waals surface area contributed by atoms with Gasteiger partial charge >= 0.3 is 5.00 Å². The average molecular weight is 325 g/mol. The van der Waals surface area contributed by atoms with Gasteiger partial charge in [0.1, 0.15) is 0 Å². The Morgan fingerprint density at radius 3 is 2.70 bits per heavy atom. The number of hydrazone groups is 1. The first-order chi connectivity index (χ1) is 11.1. The van der Waals surface area contributed by atoms with Gasteiger partial charge in [-0.3, -0.25) is 14.9 Å². The van der Waals surface area contributed by atoms with E-state index in [-0.39, 0.29) is 10.9 Å². The molecule has 7 heteroatoms. The van der Waals surface area contributed by atoms with Gasteiger partial charge in [-0.05, 0) is 22.9 Å². The van der Waals surface area contributed by atoms with Crippen LogP contribution in [0.15, 0.2) is 59.7 Å². The molecular weight excluding hydrogens is 314 g/mol. The summed E-state index contributed by atoms with van der Waals surface area (Å²) >= 11 is 0.991. The minimum Gasteiger partial charge on any atom is -0.267 e. The second-order valence-electron chi connectivity index (χ2n) is 4.66. The number of nitro groups is 1. The van der Waals surface area contributed by atoms with Crippen LogP contribution in [0.25, 0.3) is 10.8 Å². The molecule has 0 fully saturated rings. The maximum Gasteiger partial charge on any atom is 0.324 e. The van der Waals surface area contributed by atoms with Crippen molar-refractivity contribution < 1.29 is 9.72 Å². The van der Waals surface area contributed by atoms with Crippen LogP contribution in [0.3, 0.4) is 0 Å². The van der Waals surface area contributed by atoms with Crippen LogP contribution in [0.4, 0.5) is 5.00 Å². The summed E-state index contributed by atoms with van der Waals surface area (Å²) in [5.74, 6) is -0.330. The lowest BCUT2D eigenvalue weighted by atomic mass is 10.0. The van der Waals surface area contributed by atoms with Crippen LogP contribution in [0, 0.1) is 10.1 Å². The molecule has 23 heavy (non-hydrogen) atoms. The molecule has 0 aliphatic heterocycles. The molecule has 0 radical (unpaired) electrons. The number of hydrogen-bond donors (Lipinski definition) is 1. The van der Waals surface area contributed by atoms with Gasteiger partial charge in [-0.2, -0.15) is 5.10 Å². The van der Waals surface area contributed by atoms with E-state index in [2.05, 4.69) is 10.5 Å². The fourth-order valence-electron chi connectivity index (χ4n) is 2.15. The third kappa shape index (κ3) is 3.24. The minimum absolute atomic E-state index is 0.0341. The number of benzene rings is 2. The number of nitrogens with zero attached hydrogens (tertiary/aromatic N) is 2. The van der Waals surface area contributed by atoms with E-state index in [4.69, 9.17) is 0 Å². The lowest BCUT2D eigenvalue weighted by molar-refractivity contribution is -0.380. The highest BCUT2D eigenvalue weighted by molar-refractivity contribution is 7.16. The van der Waals surface area contributed by atoms with E-state index < -0.39 is 4.92 Å². The quantitative estimate of drug-likeness (QED) is 0.452. The van der Waals surface area contributed by atoms with Gasteiger partial charge in [-0.25, -0.2) is 5.43 Å². The van der Waals surface area contributed by atoms with Crippen LogP contribution in [0.5, 0.6) is 0 Å². The predicted molar refractivity (Wildman–Crippen MR) is 90.0 cm³/mol. The Labute approximate surface area is 135 Å². The molecule has 1 N–H and O–H groups in total. The van der Waals surface area contributed by atoms with E-state index in [9.17, 15) is 14.9 Å². The Kier molecular flexibility index (Phi) is 4.11. The molecule has 0 spiro atoms. The van der Waals surface area contributed by atoms with Crippen LogP contribution in [-0.2, 0) is 0 Å². The Morgan fingerprint density at radius 2 is 1.91 bits per heavy atom. The van der Waals surface area contributed by atoms with E-state index in [1.807, 2.05) is 36.4 Å². The topological polar surface area (TPSA) is 84.6 Å². The Morgan fingerprint density at radius 1 is 1.13 bits per heavy atom. The molecule has 0 unspecified atom stereocenters. The van der Waals surface area contributed by atoms with Crippen molar-refractivity contribution in [1.82, 2.24) is 5.43 Å². The van der Waals surface area contributed by atoms with Crippen molar-refractivity contribution in [2.45, 2.75) is 0 Å². The molecule has 6 nitrogen and oxygen atoms in total. The zero-order valence-electron chi connectivity index (χ0n) is 11.8. The van der Waals surface area contributed by atoms with Crippen molar-refractivity contribution in [3.8, 4) is 0 Å². The second-order valence-corrected chi connectivity index (χ2v) is 5.75. The first kappa shape index (κ1) is 14.9. The lowest BCUT2D eigenvalue weighted by Gasteiger charge is -2.04. The van der Waals surface area contributed by atoms with Crippen molar-refractivity contribution in [3.63, 3.8) is 0 Å². The Bertz CT molecular complexity index is 912. The van der Waals surface area contributed by atoms with Crippen LogP contribution in [0.2, 0.25) is 0 Å². The van der Waals surface area contributed by atoms with Crippen molar-refractivity contribution in [2.24, 2.45) is 5.10 Å². The summed E-state index contributed by atoms with van der Waals surface area (Å²) < 4.78 is 0. The number of amides is 1. The summed E-state index contributed by atoms with van der Waals surface area (Å²) in [7, 11) is 0. The predicted octanol–water partition coefficient (Wildman–Crippen LogP) is 3.57. The summed E-state index contributed by atoms with van der Waals surface area (Å²) in [6.45, 7) is 0. The molecule has 0 saturated heterocycles. The van der Waals surface area contributed by atoms with Gasteiger partial charge in [0.05, 0.1) is 16.0 Å². The van der Waals surface area contributed by atoms with Crippen molar-refractivity contribution in [3.05, 3.63) is 75.2 Å². The molecular formula is C16H11N3O3S. The molecule has 2 aromatic carbocycles. The number of nitrogens with one attached hydrogen (secondary N) is 1. The molecule has 1 heterocycles. The Balaban J connectivity index is 1.75. The van der Waals surface area contributed by atoms with Crippen molar-refractivity contribution in [1.29, 1.82) is 0 Å². The molecule has 1 amide bonds. The third-order valence-corrected chi connectivity index (χ3v) is 4.16. The van der Waals surface area contributed by atoms with Gasteiger partial charge in [0.15, 0.2) is 0 Å². The number of rotatable bonds is 4. The van der Waals surface area contributed by atoms with Crippen molar-refractivity contribution in [2.75, 3.05) is 0 Å². The molecule has 114 valence electrons. The molecule has 1 aromatic heterocycles. The summed E-state index contributed by atoms with van der Waals surface area (Å²) in [4.78, 5) is 23.0. The van der Waals surface area contributed by atoms with E-state index >= 15 is 0 Å². The zero-order chi connectivity index (χ0) is 16.2. The SMILES string of the molecule is O=C(N/N=C/c1ccc([N+](=O)[O-])s1)c1cccc2ccccc12. The van der Waals surface area contributed by atoms with Crippen LogP contribution in [-0.4, -0.2) is 17.0 Å². The fourth-order valence-corrected chi connectivity index (χ4v) is 2.84. The van der Waals surface area contributed by atoms with Crippen LogP contribution >= 0.6 is 11.3 Å². The highest BCUT2D eigenvalue weighted by atomic mass is 32.1. The molecule has 3 aromatic rings. The largest absolute Gasteiger partial charge is 0.324 e. The van der Waals surface area contributed by atoms with Gasteiger partial charge in [-0.1, -0.05) is 47.7 Å². The normalized spacial score (nSPS) is 11.0. The van der Waals surface area contributed by atoms with Gasteiger partial charge in [0.25, 0.3) is 5.91 Å². The standard InChI is InChI=1S/C16H11N3O3S/c20-16(14-7-3-5-11-4-1-2-6-13(11)14)18-17-10-12-8-9-15(23-12)19(21)22/h1-10H,(H,18,20)/b17-10+. The van der Waals surface area contributed by atoms with E-state index in [0.717, 1.165) is 22.1 Å². The summed E-state index contributed by atoms with van der Waals surface area (Å²) in [5.41, 5.74) is 2.97. The van der Waals surface area contributed by atoms with Gasteiger partial charge in [-0.15, -0.1) is 0 Å². The highest BCUT2D eigenvalue weighted by Crippen LogP contribution is 2.22. The zero-order valence-corrected chi connectivity index (χ0v) is 12.6. The Hall–Kier alpha value is -3.06. The van der Waals surface area contributed by atoms with Crippen LogP contribution < -0.4 is 5.43 Å².